The molecule has 0 aromatic heterocycles. The van der Waals surface area contributed by atoms with Gasteiger partial charge in [0.15, 0.2) is 0 Å². The predicted molar refractivity (Wildman–Crippen MR) is 158 cm³/mol. The third-order valence-corrected chi connectivity index (χ3v) is 6.87. The first-order chi connectivity index (χ1) is 17.0. The van der Waals surface area contributed by atoms with E-state index in [9.17, 15) is 19.2 Å². The van der Waals surface area contributed by atoms with Crippen molar-refractivity contribution in [2.24, 2.45) is 28.6 Å². The summed E-state index contributed by atoms with van der Waals surface area (Å²) in [6, 6.07) is 0. The second-order valence-corrected chi connectivity index (χ2v) is 12.5. The highest BCUT2D eigenvalue weighted by molar-refractivity contribution is 5.87. The van der Waals surface area contributed by atoms with E-state index in [0.29, 0.717) is 31.5 Å². The van der Waals surface area contributed by atoms with Gasteiger partial charge < -0.3 is 18.9 Å². The maximum Gasteiger partial charge on any atom is 0.313 e. The van der Waals surface area contributed by atoms with Gasteiger partial charge in [-0.3, -0.25) is 19.2 Å². The topological polar surface area (TPSA) is 105 Å². The summed E-state index contributed by atoms with van der Waals surface area (Å²) < 4.78 is 20.8. The number of carbonyl (C=O) groups excluding carboxylic acids is 4. The quantitative estimate of drug-likeness (QED) is 0.156. The number of hydrogen-bond donors (Lipinski definition) is 0. The maximum absolute atomic E-state index is 12.1. The van der Waals surface area contributed by atoms with Crippen LogP contribution in [0.15, 0.2) is 12.7 Å². The van der Waals surface area contributed by atoms with Crippen LogP contribution in [0.1, 0.15) is 116 Å². The van der Waals surface area contributed by atoms with E-state index < -0.39 is 22.0 Å². The van der Waals surface area contributed by atoms with Crippen LogP contribution in [0.5, 0.6) is 0 Å². The van der Waals surface area contributed by atoms with Gasteiger partial charge in [0.25, 0.3) is 0 Å². The molecule has 0 heterocycles. The van der Waals surface area contributed by atoms with E-state index in [1.165, 1.54) is 12.8 Å². The van der Waals surface area contributed by atoms with Crippen LogP contribution in [0.25, 0.3) is 0 Å². The molecular weight excluding hydrogens is 512 g/mol. The molecule has 0 radical (unpaired) electrons. The largest absolute Gasteiger partial charge is 0.466 e. The minimum absolute atomic E-state index is 0. The molecule has 0 bridgehead atoms. The maximum atomic E-state index is 12.1. The molecule has 0 amide bonds. The molecule has 8 heteroatoms. The van der Waals surface area contributed by atoms with E-state index in [-0.39, 0.29) is 64.9 Å². The average Bonchev–Trinajstić information content (AvgIpc) is 3.60. The zero-order valence-electron chi connectivity index (χ0n) is 23.9. The highest BCUT2D eigenvalue weighted by Gasteiger charge is 2.66. The van der Waals surface area contributed by atoms with Crippen molar-refractivity contribution >= 4 is 23.9 Å². The van der Waals surface area contributed by atoms with Crippen LogP contribution in [0, 0.1) is 28.6 Å². The number of rotatable bonds is 10. The summed E-state index contributed by atoms with van der Waals surface area (Å²) in [5.74, 6) is -0.211. The van der Waals surface area contributed by atoms with Crippen LogP contribution in [-0.4, -0.2) is 48.3 Å². The van der Waals surface area contributed by atoms with Gasteiger partial charge in [0.2, 0.25) is 0 Å². The van der Waals surface area contributed by atoms with E-state index in [4.69, 9.17) is 18.9 Å². The van der Waals surface area contributed by atoms with Gasteiger partial charge in [0.1, 0.15) is 11.2 Å². The minimum atomic E-state index is -0.736. The normalized spacial score (nSPS) is 26.0. The molecule has 3 aliphatic rings. The number of ether oxygens (including phenoxy) is 4. The number of hydrogen-bond acceptors (Lipinski definition) is 8. The van der Waals surface area contributed by atoms with Gasteiger partial charge in [-0.1, -0.05) is 28.4 Å². The Morgan fingerprint density at radius 1 is 0.750 bits per heavy atom. The Balaban J connectivity index is 0. The monoisotopic (exact) mass is 570 g/mol. The fourth-order valence-electron chi connectivity index (χ4n) is 4.93. The number of esters is 4. The summed E-state index contributed by atoms with van der Waals surface area (Å²) in [6.45, 7) is 18.9. The molecule has 0 spiro atoms. The fraction of sp³-hybridized carbons (Fsp3) is 0.812. The van der Waals surface area contributed by atoms with Crippen LogP contribution in [-0.2, 0) is 38.1 Å². The van der Waals surface area contributed by atoms with Crippen molar-refractivity contribution in [2.75, 3.05) is 13.2 Å². The molecule has 0 saturated heterocycles. The van der Waals surface area contributed by atoms with E-state index in [0.717, 1.165) is 6.42 Å². The van der Waals surface area contributed by atoms with Gasteiger partial charge in [-0.05, 0) is 98.8 Å². The van der Waals surface area contributed by atoms with Gasteiger partial charge in [0.05, 0.1) is 36.9 Å². The molecule has 0 N–H and O–H groups in total. The third-order valence-electron chi connectivity index (χ3n) is 6.87. The SMILES string of the molecule is C.C.C.C=C[C@@H]1C[C@]1(CC(=O)OC(C)(C)C)C(=O)OCC.CCOC(=O)[C@@]1(CC(=O)OC(C)(C)C)C[C@H]1C1CC1. The van der Waals surface area contributed by atoms with Crippen LogP contribution in [0.4, 0.5) is 0 Å². The van der Waals surface area contributed by atoms with Crippen LogP contribution in [0.3, 0.4) is 0 Å². The summed E-state index contributed by atoms with van der Waals surface area (Å²) in [5, 5.41) is 0. The molecule has 4 atom stereocenters. The Kier molecular flexibility index (Phi) is 14.9. The minimum Gasteiger partial charge on any atom is -0.466 e. The zero-order chi connectivity index (χ0) is 28.2. The molecule has 234 valence electrons. The second kappa shape index (κ2) is 15.0. The molecule has 0 aliphatic heterocycles. The highest BCUT2D eigenvalue weighted by Crippen LogP contribution is 2.65. The summed E-state index contributed by atoms with van der Waals surface area (Å²) in [4.78, 5) is 47.9. The Hall–Kier alpha value is -2.38. The van der Waals surface area contributed by atoms with Gasteiger partial charge >= 0.3 is 23.9 Å². The molecule has 0 aromatic rings. The van der Waals surface area contributed by atoms with Crippen molar-refractivity contribution in [1.82, 2.24) is 0 Å². The van der Waals surface area contributed by atoms with Crippen molar-refractivity contribution in [3.8, 4) is 0 Å². The van der Waals surface area contributed by atoms with Crippen LogP contribution < -0.4 is 0 Å². The van der Waals surface area contributed by atoms with E-state index in [2.05, 4.69) is 6.58 Å². The first-order valence-electron chi connectivity index (χ1n) is 13.4. The van der Waals surface area contributed by atoms with Gasteiger partial charge in [-0.15, -0.1) is 6.58 Å². The Morgan fingerprint density at radius 3 is 1.48 bits per heavy atom. The molecule has 3 aliphatic carbocycles. The highest BCUT2D eigenvalue weighted by atomic mass is 16.6. The molecule has 3 rings (SSSR count). The van der Waals surface area contributed by atoms with Crippen molar-refractivity contribution in [3.63, 3.8) is 0 Å². The van der Waals surface area contributed by atoms with Gasteiger partial charge in [-0.2, -0.15) is 0 Å². The molecule has 3 saturated carbocycles. The Bertz CT molecular complexity index is 876. The molecule has 8 nitrogen and oxygen atoms in total. The van der Waals surface area contributed by atoms with Crippen molar-refractivity contribution in [1.29, 1.82) is 0 Å². The van der Waals surface area contributed by atoms with Crippen LogP contribution >= 0.6 is 0 Å². The lowest BCUT2D eigenvalue weighted by atomic mass is 9.97. The fourth-order valence-corrected chi connectivity index (χ4v) is 4.93. The second-order valence-electron chi connectivity index (χ2n) is 12.5. The standard InChI is InChI=1S/C15H24O4.C14H22O4.3CH4/c1-5-18-13(17)15(8-11(15)10-6-7-10)9-12(16)19-14(2,3)4;1-6-10-8-14(10,12(16)17-7-2)9-11(15)18-13(3,4)5;;;/h10-11H,5-9H2,1-4H3;6,10H,1,7-9H2,2-5H3;3*1H4/t11-,15+;10-,14-;;;/m01.../s1. The summed E-state index contributed by atoms with van der Waals surface area (Å²) in [6.07, 6.45) is 5.72. The lowest BCUT2D eigenvalue weighted by Gasteiger charge is -2.22. The molecular formula is C32H58O8. The third kappa shape index (κ3) is 10.9. The average molecular weight is 571 g/mol. The lowest BCUT2D eigenvalue weighted by Crippen LogP contribution is -2.30. The van der Waals surface area contributed by atoms with Crippen molar-refractivity contribution in [2.45, 2.75) is 127 Å². The summed E-state index contributed by atoms with van der Waals surface area (Å²) in [7, 11) is 0. The smallest absolute Gasteiger partial charge is 0.313 e. The first kappa shape index (κ1) is 39.8. The summed E-state index contributed by atoms with van der Waals surface area (Å²) >= 11 is 0. The zero-order valence-corrected chi connectivity index (χ0v) is 23.9. The summed E-state index contributed by atoms with van der Waals surface area (Å²) in [5.41, 5.74) is -2.36. The van der Waals surface area contributed by atoms with Gasteiger partial charge in [-0.25, -0.2) is 0 Å². The lowest BCUT2D eigenvalue weighted by molar-refractivity contribution is -0.163. The van der Waals surface area contributed by atoms with Crippen molar-refractivity contribution < 1.29 is 38.1 Å². The molecule has 40 heavy (non-hydrogen) atoms. The predicted octanol–water partition coefficient (Wildman–Crippen LogP) is 7.08. The Labute approximate surface area is 243 Å². The molecule has 3 fully saturated rings. The van der Waals surface area contributed by atoms with Crippen LogP contribution in [0.2, 0.25) is 0 Å². The van der Waals surface area contributed by atoms with E-state index >= 15 is 0 Å². The molecule has 0 unspecified atom stereocenters. The van der Waals surface area contributed by atoms with E-state index in [1.54, 1.807) is 40.7 Å². The molecule has 0 aromatic carbocycles. The first-order valence-corrected chi connectivity index (χ1v) is 13.4. The van der Waals surface area contributed by atoms with Crippen molar-refractivity contribution in [3.05, 3.63) is 12.7 Å². The Morgan fingerprint density at radius 2 is 1.15 bits per heavy atom. The van der Waals surface area contributed by atoms with E-state index in [1.807, 2.05) is 20.8 Å². The van der Waals surface area contributed by atoms with Gasteiger partial charge in [0, 0.05) is 0 Å². The number of carbonyl (C=O) groups is 4. The number of allylic oxidation sites excluding steroid dienone is 1.